The summed E-state index contributed by atoms with van der Waals surface area (Å²) in [5, 5.41) is 5.10. The van der Waals surface area contributed by atoms with Gasteiger partial charge < -0.3 is 0 Å². The van der Waals surface area contributed by atoms with Crippen LogP contribution in [0.2, 0.25) is 0 Å². The van der Waals surface area contributed by atoms with Gasteiger partial charge in [-0.2, -0.15) is 0 Å². The topological polar surface area (TPSA) is 25.8 Å². The first-order valence-electron chi connectivity index (χ1n) is 16.7. The summed E-state index contributed by atoms with van der Waals surface area (Å²) in [5.41, 5.74) is 9.76. The van der Waals surface area contributed by atoms with Gasteiger partial charge in [-0.15, -0.1) is 22.7 Å². The van der Waals surface area contributed by atoms with E-state index in [1.807, 2.05) is 22.7 Å². The number of hydrogen-bond donors (Lipinski definition) is 0. The molecule has 3 heterocycles. The van der Waals surface area contributed by atoms with Gasteiger partial charge in [-0.1, -0.05) is 146 Å². The van der Waals surface area contributed by atoms with Gasteiger partial charge in [-0.05, 0) is 46.5 Å². The molecule has 10 rings (SSSR count). The zero-order valence-electron chi connectivity index (χ0n) is 26.9. The van der Waals surface area contributed by atoms with Crippen molar-refractivity contribution in [2.24, 2.45) is 0 Å². The van der Waals surface area contributed by atoms with Crippen molar-refractivity contribution in [2.75, 3.05) is 0 Å². The molecule has 4 heteroatoms. The van der Waals surface area contributed by atoms with Crippen LogP contribution in [-0.2, 0) is 0 Å². The normalized spacial score (nSPS) is 11.6. The largest absolute Gasteiger partial charge is 0.228 e. The molecule has 7 aromatic carbocycles. The predicted molar refractivity (Wildman–Crippen MR) is 215 cm³/mol. The third-order valence-corrected chi connectivity index (χ3v) is 11.9. The van der Waals surface area contributed by atoms with Crippen LogP contribution in [0.3, 0.4) is 0 Å². The highest BCUT2D eigenvalue weighted by atomic mass is 32.1. The van der Waals surface area contributed by atoms with Crippen LogP contribution in [-0.4, -0.2) is 9.97 Å². The van der Waals surface area contributed by atoms with E-state index in [0.717, 1.165) is 45.0 Å². The second-order valence-corrected chi connectivity index (χ2v) is 14.7. The molecule has 0 spiro atoms. The molecule has 0 aliphatic heterocycles. The zero-order valence-corrected chi connectivity index (χ0v) is 28.5. The van der Waals surface area contributed by atoms with E-state index in [4.69, 9.17) is 9.97 Å². The molecule has 0 unspecified atom stereocenters. The van der Waals surface area contributed by atoms with Crippen LogP contribution in [0.5, 0.6) is 0 Å². The van der Waals surface area contributed by atoms with Gasteiger partial charge in [0.2, 0.25) is 0 Å². The molecule has 2 nitrogen and oxygen atoms in total. The molecule has 50 heavy (non-hydrogen) atoms. The summed E-state index contributed by atoms with van der Waals surface area (Å²) in [6.07, 6.45) is 0. The second kappa shape index (κ2) is 11.9. The molecular formula is C46H28N2S2. The van der Waals surface area contributed by atoms with Gasteiger partial charge in [0.15, 0.2) is 5.82 Å². The van der Waals surface area contributed by atoms with Crippen LogP contribution in [0.1, 0.15) is 0 Å². The van der Waals surface area contributed by atoms with E-state index in [1.54, 1.807) is 0 Å². The quantitative estimate of drug-likeness (QED) is 0.182. The van der Waals surface area contributed by atoms with E-state index in [1.165, 1.54) is 51.5 Å². The van der Waals surface area contributed by atoms with Gasteiger partial charge in [-0.3, -0.25) is 0 Å². The highest BCUT2D eigenvalue weighted by Gasteiger charge is 2.18. The highest BCUT2D eigenvalue weighted by molar-refractivity contribution is 7.26. The molecule has 0 aliphatic carbocycles. The number of thiophene rings is 2. The molecule has 0 radical (unpaired) electrons. The first-order valence-corrected chi connectivity index (χ1v) is 18.4. The number of rotatable bonds is 5. The second-order valence-electron chi connectivity index (χ2n) is 12.5. The van der Waals surface area contributed by atoms with Crippen molar-refractivity contribution < 1.29 is 0 Å². The summed E-state index contributed by atoms with van der Waals surface area (Å²) in [4.78, 5) is 10.7. The number of nitrogens with zero attached hydrogens (tertiary/aromatic N) is 2. The molecule has 0 fully saturated rings. The predicted octanol–water partition coefficient (Wildman–Crippen LogP) is 13.5. The Labute approximate surface area is 297 Å². The van der Waals surface area contributed by atoms with E-state index in [9.17, 15) is 0 Å². The lowest BCUT2D eigenvalue weighted by atomic mass is 9.95. The fraction of sp³-hybridized carbons (Fsp3) is 0. The lowest BCUT2D eigenvalue weighted by Gasteiger charge is -2.14. The standard InChI is InChI=1S/C46H28N2S2/c1-2-11-29(12-3-1)30-21-23-31(24-22-30)33-13-4-5-14-34(33)40-28-41(39-18-10-17-38-36-16-7-9-20-43(36)50-45(38)39)48-46(47-40)32-25-26-37-35-15-6-8-19-42(35)49-44(37)27-32/h1-28H. The van der Waals surface area contributed by atoms with Crippen LogP contribution < -0.4 is 0 Å². The Bertz CT molecular complexity index is 2860. The molecule has 10 aromatic rings. The van der Waals surface area contributed by atoms with Crippen molar-refractivity contribution in [1.82, 2.24) is 9.97 Å². The molecule has 0 saturated carbocycles. The smallest absolute Gasteiger partial charge is 0.160 e. The molecule has 0 amide bonds. The van der Waals surface area contributed by atoms with Crippen molar-refractivity contribution in [3.63, 3.8) is 0 Å². The van der Waals surface area contributed by atoms with E-state index in [0.29, 0.717) is 0 Å². The van der Waals surface area contributed by atoms with Gasteiger partial charge in [0, 0.05) is 57.0 Å². The van der Waals surface area contributed by atoms with Crippen LogP contribution in [0, 0.1) is 0 Å². The summed E-state index contributed by atoms with van der Waals surface area (Å²) < 4.78 is 5.06. The Kier molecular flexibility index (Phi) is 6.90. The van der Waals surface area contributed by atoms with E-state index < -0.39 is 0 Å². The number of benzene rings is 7. The van der Waals surface area contributed by atoms with Crippen LogP contribution in [0.15, 0.2) is 170 Å². The van der Waals surface area contributed by atoms with Gasteiger partial charge in [0.25, 0.3) is 0 Å². The lowest BCUT2D eigenvalue weighted by molar-refractivity contribution is 1.19. The van der Waals surface area contributed by atoms with E-state index >= 15 is 0 Å². The van der Waals surface area contributed by atoms with Crippen LogP contribution in [0.4, 0.5) is 0 Å². The molecule has 3 aromatic heterocycles. The van der Waals surface area contributed by atoms with Gasteiger partial charge in [0.05, 0.1) is 11.4 Å². The zero-order chi connectivity index (χ0) is 33.0. The molecule has 0 bridgehead atoms. The average molecular weight is 673 g/mol. The van der Waals surface area contributed by atoms with Gasteiger partial charge >= 0.3 is 0 Å². The van der Waals surface area contributed by atoms with E-state index in [2.05, 4.69) is 170 Å². The minimum Gasteiger partial charge on any atom is -0.228 e. The summed E-state index contributed by atoms with van der Waals surface area (Å²) >= 11 is 3.65. The van der Waals surface area contributed by atoms with Gasteiger partial charge in [0.1, 0.15) is 0 Å². The van der Waals surface area contributed by atoms with Crippen LogP contribution >= 0.6 is 22.7 Å². The Morgan fingerprint density at radius 2 is 0.860 bits per heavy atom. The maximum absolute atomic E-state index is 5.33. The Hall–Kier alpha value is -5.94. The van der Waals surface area contributed by atoms with Crippen LogP contribution in [0.25, 0.3) is 96.5 Å². The summed E-state index contributed by atoms with van der Waals surface area (Å²) in [6.45, 7) is 0. The Morgan fingerprint density at radius 1 is 0.320 bits per heavy atom. The molecule has 0 saturated heterocycles. The summed E-state index contributed by atoms with van der Waals surface area (Å²) in [6, 6.07) is 60.7. The highest BCUT2D eigenvalue weighted by Crippen LogP contribution is 2.42. The van der Waals surface area contributed by atoms with Crippen molar-refractivity contribution in [2.45, 2.75) is 0 Å². The summed E-state index contributed by atoms with van der Waals surface area (Å²) in [5.74, 6) is 0.726. The van der Waals surface area contributed by atoms with Crippen molar-refractivity contribution in [3.8, 4) is 56.2 Å². The Morgan fingerprint density at radius 3 is 1.66 bits per heavy atom. The minimum absolute atomic E-state index is 0.726. The van der Waals surface area contributed by atoms with Crippen molar-refractivity contribution >= 4 is 63.0 Å². The fourth-order valence-corrected chi connectivity index (χ4v) is 9.47. The number of fused-ring (bicyclic) bond motifs is 6. The lowest BCUT2D eigenvalue weighted by Crippen LogP contribution is -1.97. The van der Waals surface area contributed by atoms with Gasteiger partial charge in [-0.25, -0.2) is 9.97 Å². The monoisotopic (exact) mass is 672 g/mol. The fourth-order valence-electron chi connectivity index (χ4n) is 7.10. The third-order valence-electron chi connectivity index (χ3n) is 9.55. The first-order chi connectivity index (χ1) is 24.8. The molecule has 0 atom stereocenters. The molecule has 234 valence electrons. The van der Waals surface area contributed by atoms with E-state index in [-0.39, 0.29) is 0 Å². The number of hydrogen-bond acceptors (Lipinski definition) is 4. The third kappa shape index (κ3) is 4.92. The maximum atomic E-state index is 5.33. The molecule has 0 aliphatic rings. The van der Waals surface area contributed by atoms with Crippen molar-refractivity contribution in [1.29, 1.82) is 0 Å². The first kappa shape index (κ1) is 29.0. The molecular weight excluding hydrogens is 645 g/mol. The summed E-state index contributed by atoms with van der Waals surface area (Å²) in [7, 11) is 0. The average Bonchev–Trinajstić information content (AvgIpc) is 3.76. The number of aromatic nitrogens is 2. The van der Waals surface area contributed by atoms with Crippen molar-refractivity contribution in [3.05, 3.63) is 170 Å². The minimum atomic E-state index is 0.726. The molecule has 0 N–H and O–H groups in total. The Balaban J connectivity index is 1.17. The maximum Gasteiger partial charge on any atom is 0.160 e. The SMILES string of the molecule is c1ccc(-c2ccc(-c3ccccc3-c3cc(-c4cccc5c4sc4ccccc45)nc(-c4ccc5c(c4)sc4ccccc45)n3)cc2)cc1.